The Morgan fingerprint density at radius 3 is 2.19 bits per heavy atom. The highest BCUT2D eigenvalue weighted by molar-refractivity contribution is 5.94. The zero-order valence-corrected chi connectivity index (χ0v) is 22.8. The minimum Gasteiger partial charge on any atom is -0.424 e. The second-order valence-electron chi connectivity index (χ2n) is 9.84. The van der Waals surface area contributed by atoms with Crippen LogP contribution in [0.5, 0.6) is 11.8 Å². The Morgan fingerprint density at radius 2 is 1.50 bits per heavy atom. The van der Waals surface area contributed by atoms with Crippen molar-refractivity contribution < 1.29 is 27.8 Å². The van der Waals surface area contributed by atoms with Crippen LogP contribution in [0.4, 0.5) is 14.7 Å². The Bertz CT molecular complexity index is 1600. The molecular weight excluding hydrogens is 550 g/mol. The molecule has 4 aromatic rings. The Kier molecular flexibility index (Phi) is 7.61. The van der Waals surface area contributed by atoms with Crippen molar-refractivity contribution in [1.82, 2.24) is 34.3 Å². The first kappa shape index (κ1) is 27.4. The number of carbonyl (C=O) groups is 2. The number of piperazine rings is 1. The van der Waals surface area contributed by atoms with Gasteiger partial charge in [0.25, 0.3) is 12.3 Å². The predicted octanol–water partition coefficient (Wildman–Crippen LogP) is 3.08. The molecule has 2 amide bonds. The fourth-order valence-electron chi connectivity index (χ4n) is 4.97. The summed E-state index contributed by atoms with van der Waals surface area (Å²) in [6.07, 6.45) is -2.87. The molecule has 2 aliphatic rings. The van der Waals surface area contributed by atoms with Gasteiger partial charge in [0.1, 0.15) is 5.75 Å². The second kappa shape index (κ2) is 11.6. The number of rotatable bonds is 6. The van der Waals surface area contributed by atoms with Crippen LogP contribution in [-0.4, -0.2) is 98.6 Å². The number of fused-ring (bicyclic) bond motifs is 1. The number of carbonyl (C=O) groups excluding carboxylic acids is 2. The van der Waals surface area contributed by atoms with E-state index in [0.717, 1.165) is 0 Å². The van der Waals surface area contributed by atoms with Gasteiger partial charge in [0.2, 0.25) is 17.8 Å². The van der Waals surface area contributed by atoms with Crippen LogP contribution in [0.2, 0.25) is 0 Å². The fraction of sp³-hybridized carbons (Fsp3) is 0.357. The highest BCUT2D eigenvalue weighted by Gasteiger charge is 2.26. The van der Waals surface area contributed by atoms with E-state index >= 15 is 0 Å². The minimum atomic E-state index is -2.87. The third-order valence-electron chi connectivity index (χ3n) is 7.19. The maximum absolute atomic E-state index is 14.1. The molecular formula is C28H28F2N8O4. The minimum absolute atomic E-state index is 0.00600. The van der Waals surface area contributed by atoms with Crippen LogP contribution in [-0.2, 0) is 9.53 Å². The maximum atomic E-state index is 14.1. The number of ether oxygens (including phenoxy) is 2. The molecule has 12 nitrogen and oxygen atoms in total. The Labute approximate surface area is 239 Å². The molecule has 2 saturated heterocycles. The molecule has 0 unspecified atom stereocenters. The van der Waals surface area contributed by atoms with Gasteiger partial charge in [-0.15, -0.1) is 0 Å². The number of para-hydroxylation sites is 2. The topological polar surface area (TPSA) is 119 Å². The molecule has 0 atom stereocenters. The Hall–Kier alpha value is -4.72. The molecule has 2 aromatic carbocycles. The number of alkyl halides is 2. The quantitative estimate of drug-likeness (QED) is 0.340. The van der Waals surface area contributed by atoms with Gasteiger partial charge in [0.05, 0.1) is 24.2 Å². The largest absolute Gasteiger partial charge is 0.424 e. The van der Waals surface area contributed by atoms with Crippen molar-refractivity contribution in [2.24, 2.45) is 0 Å². The molecule has 4 heterocycles. The number of morpholine rings is 1. The van der Waals surface area contributed by atoms with Crippen molar-refractivity contribution in [3.05, 3.63) is 59.9 Å². The van der Waals surface area contributed by atoms with Gasteiger partial charge in [0, 0.05) is 51.8 Å². The molecule has 2 aromatic heterocycles. The predicted molar refractivity (Wildman–Crippen MR) is 147 cm³/mol. The van der Waals surface area contributed by atoms with E-state index in [9.17, 15) is 18.4 Å². The lowest BCUT2D eigenvalue weighted by Gasteiger charge is -2.34. The van der Waals surface area contributed by atoms with E-state index in [1.807, 2.05) is 4.90 Å². The van der Waals surface area contributed by atoms with Crippen LogP contribution in [0.3, 0.4) is 0 Å². The highest BCUT2D eigenvalue weighted by Crippen LogP contribution is 2.29. The molecule has 0 aliphatic carbocycles. The summed E-state index contributed by atoms with van der Waals surface area (Å²) in [4.78, 5) is 47.4. The average Bonchev–Trinajstić information content (AvgIpc) is 3.42. The lowest BCUT2D eigenvalue weighted by atomic mass is 10.1. The van der Waals surface area contributed by atoms with E-state index < -0.39 is 12.2 Å². The monoisotopic (exact) mass is 578 g/mol. The number of amides is 2. The van der Waals surface area contributed by atoms with E-state index in [4.69, 9.17) is 9.47 Å². The number of halogens is 2. The van der Waals surface area contributed by atoms with E-state index in [1.54, 1.807) is 58.3 Å². The number of hydrogen-bond acceptors (Lipinski definition) is 9. The average molecular weight is 579 g/mol. The van der Waals surface area contributed by atoms with Crippen LogP contribution >= 0.6 is 0 Å². The normalized spacial score (nSPS) is 15.9. The van der Waals surface area contributed by atoms with Gasteiger partial charge in [0.15, 0.2) is 5.82 Å². The lowest BCUT2D eigenvalue weighted by Crippen LogP contribution is -2.50. The molecule has 14 heteroatoms. The molecule has 2 aliphatic heterocycles. The van der Waals surface area contributed by atoms with Crippen LogP contribution in [0.1, 0.15) is 29.5 Å². The number of imidazole rings is 1. The zero-order chi connectivity index (χ0) is 29.2. The Balaban J connectivity index is 1.29. The van der Waals surface area contributed by atoms with Crippen LogP contribution in [0.25, 0.3) is 17.0 Å². The fourth-order valence-corrected chi connectivity index (χ4v) is 4.97. The van der Waals surface area contributed by atoms with Gasteiger partial charge in [-0.3, -0.25) is 14.2 Å². The number of benzene rings is 2. The van der Waals surface area contributed by atoms with E-state index in [2.05, 4.69) is 19.9 Å². The molecule has 0 N–H and O–H groups in total. The maximum Gasteiger partial charge on any atom is 0.328 e. The van der Waals surface area contributed by atoms with Crippen molar-refractivity contribution in [3.63, 3.8) is 0 Å². The smallest absolute Gasteiger partial charge is 0.328 e. The standard InChI is InChI=1S/C28H28F2N8O4/c1-18(39)35-10-12-36(13-11-35)25(40)19-6-8-20(9-7-19)42-28-33-26(37-14-16-41-17-15-37)32-27(34-28)38-22-5-3-2-4-21(22)31-24(38)23(29)30/h2-9,23H,10-17H2,1H3. The molecule has 0 bridgehead atoms. The van der Waals surface area contributed by atoms with Crippen LogP contribution in [0, 0.1) is 0 Å². The molecule has 218 valence electrons. The summed E-state index contributed by atoms with van der Waals surface area (Å²) in [5.74, 6) is -0.0903. The van der Waals surface area contributed by atoms with Gasteiger partial charge in [-0.25, -0.2) is 13.8 Å². The summed E-state index contributed by atoms with van der Waals surface area (Å²) in [5.41, 5.74) is 1.27. The molecule has 0 saturated carbocycles. The SMILES string of the molecule is CC(=O)N1CCN(C(=O)c2ccc(Oc3nc(N4CCOCC4)nc(-n4c(C(F)F)nc5ccccc54)n3)cc2)CC1. The van der Waals surface area contributed by atoms with E-state index in [-0.39, 0.29) is 29.7 Å². The number of aromatic nitrogens is 5. The van der Waals surface area contributed by atoms with Gasteiger partial charge in [-0.05, 0) is 36.4 Å². The molecule has 0 spiro atoms. The molecule has 6 rings (SSSR count). The number of anilines is 1. The number of nitrogens with zero attached hydrogens (tertiary/aromatic N) is 8. The summed E-state index contributed by atoms with van der Waals surface area (Å²) in [6, 6.07) is 13.2. The van der Waals surface area contributed by atoms with Crippen molar-refractivity contribution in [2.75, 3.05) is 57.4 Å². The lowest BCUT2D eigenvalue weighted by molar-refractivity contribution is -0.130. The van der Waals surface area contributed by atoms with Gasteiger partial charge < -0.3 is 24.2 Å². The third kappa shape index (κ3) is 5.57. The van der Waals surface area contributed by atoms with Crippen molar-refractivity contribution >= 4 is 28.8 Å². The summed E-state index contributed by atoms with van der Waals surface area (Å²) in [7, 11) is 0. The Morgan fingerprint density at radius 1 is 0.833 bits per heavy atom. The van der Waals surface area contributed by atoms with Crippen LogP contribution < -0.4 is 9.64 Å². The highest BCUT2D eigenvalue weighted by atomic mass is 19.3. The third-order valence-corrected chi connectivity index (χ3v) is 7.19. The summed E-state index contributed by atoms with van der Waals surface area (Å²) in [6.45, 7) is 5.37. The first-order chi connectivity index (χ1) is 20.4. The van der Waals surface area contributed by atoms with Gasteiger partial charge in [-0.1, -0.05) is 12.1 Å². The molecule has 0 radical (unpaired) electrons. The first-order valence-corrected chi connectivity index (χ1v) is 13.5. The van der Waals surface area contributed by atoms with Crippen molar-refractivity contribution in [3.8, 4) is 17.7 Å². The first-order valence-electron chi connectivity index (χ1n) is 13.5. The van der Waals surface area contributed by atoms with Crippen molar-refractivity contribution in [1.29, 1.82) is 0 Å². The van der Waals surface area contributed by atoms with Crippen molar-refractivity contribution in [2.45, 2.75) is 13.3 Å². The summed E-state index contributed by atoms with van der Waals surface area (Å²) < 4.78 is 40.8. The molecule has 42 heavy (non-hydrogen) atoms. The summed E-state index contributed by atoms with van der Waals surface area (Å²) in [5, 5.41) is 0. The van der Waals surface area contributed by atoms with E-state index in [0.29, 0.717) is 74.8 Å². The molecule has 2 fully saturated rings. The summed E-state index contributed by atoms with van der Waals surface area (Å²) >= 11 is 0. The zero-order valence-electron chi connectivity index (χ0n) is 22.8. The van der Waals surface area contributed by atoms with Gasteiger partial charge >= 0.3 is 6.01 Å². The van der Waals surface area contributed by atoms with Crippen LogP contribution in [0.15, 0.2) is 48.5 Å². The van der Waals surface area contributed by atoms with E-state index in [1.165, 1.54) is 11.5 Å². The second-order valence-corrected chi connectivity index (χ2v) is 9.84. The van der Waals surface area contributed by atoms with Gasteiger partial charge in [-0.2, -0.15) is 15.0 Å². The number of hydrogen-bond donors (Lipinski definition) is 0.